The van der Waals surface area contributed by atoms with E-state index in [-0.39, 0.29) is 0 Å². The summed E-state index contributed by atoms with van der Waals surface area (Å²) in [4.78, 5) is 0. The fourth-order valence-corrected chi connectivity index (χ4v) is 1.56. The summed E-state index contributed by atoms with van der Waals surface area (Å²) in [6.45, 7) is 2.58. The highest BCUT2D eigenvalue weighted by molar-refractivity contribution is 6.03. The molecule has 1 N–H and O–H groups in total. The first-order valence-electron chi connectivity index (χ1n) is 4.26. The lowest BCUT2D eigenvalue weighted by Gasteiger charge is -2.19. The lowest BCUT2D eigenvalue weighted by atomic mass is 10.0. The first-order chi connectivity index (χ1) is 6.33. The third-order valence-corrected chi connectivity index (χ3v) is 2.23. The van der Waals surface area contributed by atoms with Gasteiger partial charge in [-0.25, -0.2) is 0 Å². The van der Waals surface area contributed by atoms with E-state index in [1.165, 1.54) is 0 Å². The Bertz CT molecular complexity index is 358. The van der Waals surface area contributed by atoms with Crippen LogP contribution in [0.5, 0.6) is 5.75 Å². The Kier molecular flexibility index (Phi) is 1.93. The van der Waals surface area contributed by atoms with Gasteiger partial charge in [-0.1, -0.05) is 17.3 Å². The SMILES string of the molecule is Cc1cccc2c1OCC/C2=N/O. The Morgan fingerprint density at radius 3 is 3.08 bits per heavy atom. The zero-order valence-corrected chi connectivity index (χ0v) is 7.45. The van der Waals surface area contributed by atoms with E-state index in [1.807, 2.05) is 25.1 Å². The summed E-state index contributed by atoms with van der Waals surface area (Å²) in [5.74, 6) is 0.849. The molecule has 0 amide bonds. The van der Waals surface area contributed by atoms with E-state index in [4.69, 9.17) is 9.94 Å². The smallest absolute Gasteiger partial charge is 0.131 e. The Morgan fingerprint density at radius 2 is 2.31 bits per heavy atom. The molecule has 0 atom stereocenters. The number of rotatable bonds is 0. The molecule has 1 aromatic carbocycles. The molecule has 0 saturated carbocycles. The molecule has 0 fully saturated rings. The zero-order valence-electron chi connectivity index (χ0n) is 7.45. The van der Waals surface area contributed by atoms with Gasteiger partial charge in [0.2, 0.25) is 0 Å². The van der Waals surface area contributed by atoms with Crippen molar-refractivity contribution in [1.29, 1.82) is 0 Å². The largest absolute Gasteiger partial charge is 0.492 e. The highest BCUT2D eigenvalue weighted by atomic mass is 16.5. The standard InChI is InChI=1S/C10H11NO2/c1-7-3-2-4-8-9(11-12)5-6-13-10(7)8/h2-4,12H,5-6H2,1H3/b11-9-. The second-order valence-electron chi connectivity index (χ2n) is 3.10. The summed E-state index contributed by atoms with van der Waals surface area (Å²) >= 11 is 0. The topological polar surface area (TPSA) is 41.8 Å². The molecule has 1 heterocycles. The summed E-state index contributed by atoms with van der Waals surface area (Å²) < 4.78 is 5.49. The van der Waals surface area contributed by atoms with Crippen LogP contribution in [0.3, 0.4) is 0 Å². The second-order valence-corrected chi connectivity index (χ2v) is 3.10. The number of fused-ring (bicyclic) bond motifs is 1. The van der Waals surface area contributed by atoms with Crippen LogP contribution in [-0.2, 0) is 0 Å². The van der Waals surface area contributed by atoms with Crippen molar-refractivity contribution in [2.75, 3.05) is 6.61 Å². The maximum Gasteiger partial charge on any atom is 0.131 e. The van der Waals surface area contributed by atoms with E-state index in [0.717, 1.165) is 16.9 Å². The quantitative estimate of drug-likeness (QED) is 0.486. The lowest BCUT2D eigenvalue weighted by Crippen LogP contribution is -2.16. The predicted molar refractivity (Wildman–Crippen MR) is 49.6 cm³/mol. The number of hydrogen-bond donors (Lipinski definition) is 1. The second kappa shape index (κ2) is 3.09. The molecule has 3 heteroatoms. The highest BCUT2D eigenvalue weighted by Crippen LogP contribution is 2.28. The molecule has 0 spiro atoms. The molecule has 0 radical (unpaired) electrons. The third-order valence-electron chi connectivity index (χ3n) is 2.23. The van der Waals surface area contributed by atoms with Gasteiger partial charge >= 0.3 is 0 Å². The van der Waals surface area contributed by atoms with Gasteiger partial charge < -0.3 is 9.94 Å². The first-order valence-corrected chi connectivity index (χ1v) is 4.26. The monoisotopic (exact) mass is 177 g/mol. The van der Waals surface area contributed by atoms with Gasteiger partial charge in [0.25, 0.3) is 0 Å². The van der Waals surface area contributed by atoms with Gasteiger partial charge in [0, 0.05) is 12.0 Å². The Morgan fingerprint density at radius 1 is 1.46 bits per heavy atom. The molecule has 1 aromatic rings. The van der Waals surface area contributed by atoms with Gasteiger partial charge in [0.1, 0.15) is 5.75 Å². The van der Waals surface area contributed by atoms with Gasteiger partial charge in [-0.15, -0.1) is 0 Å². The van der Waals surface area contributed by atoms with Crippen LogP contribution in [0.25, 0.3) is 0 Å². The molecular formula is C10H11NO2. The molecule has 0 unspecified atom stereocenters. The molecule has 1 aliphatic rings. The summed E-state index contributed by atoms with van der Waals surface area (Å²) in [5.41, 5.74) is 2.71. The Labute approximate surface area is 76.6 Å². The van der Waals surface area contributed by atoms with Gasteiger partial charge in [-0.2, -0.15) is 0 Å². The van der Waals surface area contributed by atoms with Crippen molar-refractivity contribution in [3.63, 3.8) is 0 Å². The average molecular weight is 177 g/mol. The van der Waals surface area contributed by atoms with Crippen LogP contribution in [0.4, 0.5) is 0 Å². The van der Waals surface area contributed by atoms with Crippen LogP contribution < -0.4 is 4.74 Å². The normalized spacial score (nSPS) is 18.1. The minimum absolute atomic E-state index is 0.594. The Balaban J connectivity index is 2.58. The van der Waals surface area contributed by atoms with Crippen LogP contribution >= 0.6 is 0 Å². The van der Waals surface area contributed by atoms with E-state index in [2.05, 4.69) is 5.16 Å². The maximum atomic E-state index is 8.76. The summed E-state index contributed by atoms with van der Waals surface area (Å²) in [6, 6.07) is 5.84. The fraction of sp³-hybridized carbons (Fsp3) is 0.300. The van der Waals surface area contributed by atoms with Gasteiger partial charge in [-0.3, -0.25) is 0 Å². The van der Waals surface area contributed by atoms with Crippen LogP contribution in [0.1, 0.15) is 17.5 Å². The molecule has 0 aromatic heterocycles. The number of oxime groups is 1. The van der Waals surface area contributed by atoms with Crippen molar-refractivity contribution >= 4 is 5.71 Å². The zero-order chi connectivity index (χ0) is 9.26. The van der Waals surface area contributed by atoms with Crippen molar-refractivity contribution in [3.05, 3.63) is 29.3 Å². The number of aryl methyl sites for hydroxylation is 1. The number of benzene rings is 1. The molecule has 3 nitrogen and oxygen atoms in total. The minimum Gasteiger partial charge on any atom is -0.492 e. The van der Waals surface area contributed by atoms with Gasteiger partial charge in [0.15, 0.2) is 0 Å². The molecule has 0 aliphatic carbocycles. The molecular weight excluding hydrogens is 166 g/mol. The van der Waals surface area contributed by atoms with E-state index in [9.17, 15) is 0 Å². The average Bonchev–Trinajstić information content (AvgIpc) is 2.18. The molecule has 2 rings (SSSR count). The third kappa shape index (κ3) is 1.26. The van der Waals surface area contributed by atoms with Crippen LogP contribution in [-0.4, -0.2) is 17.5 Å². The van der Waals surface area contributed by atoms with Crippen molar-refractivity contribution in [3.8, 4) is 5.75 Å². The number of para-hydroxylation sites is 1. The highest BCUT2D eigenvalue weighted by Gasteiger charge is 2.18. The van der Waals surface area contributed by atoms with Crippen LogP contribution in [0.2, 0.25) is 0 Å². The number of ether oxygens (including phenoxy) is 1. The summed E-state index contributed by atoms with van der Waals surface area (Å²) in [7, 11) is 0. The Hall–Kier alpha value is -1.51. The molecule has 68 valence electrons. The van der Waals surface area contributed by atoms with E-state index >= 15 is 0 Å². The maximum absolute atomic E-state index is 8.76. The van der Waals surface area contributed by atoms with Crippen molar-refractivity contribution < 1.29 is 9.94 Å². The van der Waals surface area contributed by atoms with Gasteiger partial charge in [-0.05, 0) is 18.6 Å². The molecule has 0 saturated heterocycles. The number of nitrogens with zero attached hydrogens (tertiary/aromatic N) is 1. The predicted octanol–water partition coefficient (Wildman–Crippen LogP) is 1.96. The fourth-order valence-electron chi connectivity index (χ4n) is 1.56. The minimum atomic E-state index is 0.594. The number of hydrogen-bond acceptors (Lipinski definition) is 3. The van der Waals surface area contributed by atoms with Crippen LogP contribution in [0.15, 0.2) is 23.4 Å². The summed E-state index contributed by atoms with van der Waals surface area (Å²) in [6.07, 6.45) is 0.674. The van der Waals surface area contributed by atoms with Crippen molar-refractivity contribution in [2.45, 2.75) is 13.3 Å². The molecule has 0 bridgehead atoms. The lowest BCUT2D eigenvalue weighted by molar-refractivity contribution is 0.297. The summed E-state index contributed by atoms with van der Waals surface area (Å²) in [5, 5.41) is 12.0. The first kappa shape index (κ1) is 8.10. The van der Waals surface area contributed by atoms with E-state index in [0.29, 0.717) is 18.7 Å². The molecule has 13 heavy (non-hydrogen) atoms. The van der Waals surface area contributed by atoms with Gasteiger partial charge in [0.05, 0.1) is 12.3 Å². The van der Waals surface area contributed by atoms with Crippen molar-refractivity contribution in [2.24, 2.45) is 5.16 Å². The molecule has 1 aliphatic heterocycles. The van der Waals surface area contributed by atoms with Crippen LogP contribution in [0, 0.1) is 6.92 Å². The van der Waals surface area contributed by atoms with E-state index < -0.39 is 0 Å². The van der Waals surface area contributed by atoms with Crippen molar-refractivity contribution in [1.82, 2.24) is 0 Å². The van der Waals surface area contributed by atoms with E-state index in [1.54, 1.807) is 0 Å².